The summed E-state index contributed by atoms with van der Waals surface area (Å²) in [6, 6.07) is 8.16. The second-order valence-corrected chi connectivity index (χ2v) is 5.39. The number of allylic oxidation sites excluding steroid dienone is 1. The maximum absolute atomic E-state index is 6.28. The van der Waals surface area contributed by atoms with Gasteiger partial charge in [0.1, 0.15) is 17.3 Å². The van der Waals surface area contributed by atoms with Crippen LogP contribution in [0.15, 0.2) is 36.9 Å². The zero-order valence-corrected chi connectivity index (χ0v) is 13.0. The number of imidazole rings is 1. The van der Waals surface area contributed by atoms with Gasteiger partial charge in [0.2, 0.25) is 0 Å². The fourth-order valence-corrected chi connectivity index (χ4v) is 2.38. The number of hydrogen-bond donors (Lipinski definition) is 1. The van der Waals surface area contributed by atoms with E-state index in [2.05, 4.69) is 20.4 Å². The highest BCUT2D eigenvalue weighted by Crippen LogP contribution is 2.29. The van der Waals surface area contributed by atoms with E-state index in [0.717, 1.165) is 22.6 Å². The van der Waals surface area contributed by atoms with Crippen LogP contribution < -0.4 is 5.73 Å². The van der Waals surface area contributed by atoms with Crippen LogP contribution in [0.25, 0.3) is 11.3 Å². The number of nitrogens with zero attached hydrogens (tertiary/aromatic N) is 2. The number of aromatic nitrogens is 2. The molecule has 0 aliphatic heterocycles. The number of rotatable bonds is 6. The third-order valence-electron chi connectivity index (χ3n) is 3.40. The van der Waals surface area contributed by atoms with Crippen molar-refractivity contribution in [3.05, 3.63) is 48.3 Å². The SMILES string of the molecule is C=CCn1c(C(C)C)nc(-c2ccc(COC)cc2)c1N. The van der Waals surface area contributed by atoms with Crippen molar-refractivity contribution in [1.82, 2.24) is 9.55 Å². The van der Waals surface area contributed by atoms with Crippen LogP contribution in [-0.2, 0) is 17.9 Å². The third-order valence-corrected chi connectivity index (χ3v) is 3.40. The van der Waals surface area contributed by atoms with Crippen molar-refractivity contribution < 1.29 is 4.74 Å². The van der Waals surface area contributed by atoms with Crippen LogP contribution in [0, 0.1) is 0 Å². The fraction of sp³-hybridized carbons (Fsp3) is 0.353. The molecule has 0 radical (unpaired) electrons. The molecule has 0 atom stereocenters. The van der Waals surface area contributed by atoms with Crippen LogP contribution in [0.1, 0.15) is 31.2 Å². The first-order valence-corrected chi connectivity index (χ1v) is 7.13. The van der Waals surface area contributed by atoms with Crippen LogP contribution in [0.3, 0.4) is 0 Å². The van der Waals surface area contributed by atoms with Gasteiger partial charge in [0, 0.05) is 25.1 Å². The molecule has 0 aliphatic rings. The highest BCUT2D eigenvalue weighted by molar-refractivity contribution is 5.71. The van der Waals surface area contributed by atoms with Gasteiger partial charge < -0.3 is 15.0 Å². The van der Waals surface area contributed by atoms with Gasteiger partial charge in [-0.25, -0.2) is 4.98 Å². The van der Waals surface area contributed by atoms with E-state index in [1.807, 2.05) is 34.9 Å². The zero-order chi connectivity index (χ0) is 15.4. The van der Waals surface area contributed by atoms with E-state index in [4.69, 9.17) is 15.5 Å². The van der Waals surface area contributed by atoms with Crippen molar-refractivity contribution in [2.75, 3.05) is 12.8 Å². The molecular formula is C17H23N3O. The lowest BCUT2D eigenvalue weighted by atomic mass is 10.1. The average molecular weight is 285 g/mol. The molecule has 0 bridgehead atoms. The summed E-state index contributed by atoms with van der Waals surface area (Å²) in [5, 5.41) is 0. The summed E-state index contributed by atoms with van der Waals surface area (Å²) in [6.07, 6.45) is 1.84. The number of hydrogen-bond acceptors (Lipinski definition) is 3. The van der Waals surface area contributed by atoms with Crippen molar-refractivity contribution in [2.24, 2.45) is 0 Å². The van der Waals surface area contributed by atoms with Gasteiger partial charge in [-0.1, -0.05) is 44.2 Å². The second kappa shape index (κ2) is 6.59. The topological polar surface area (TPSA) is 53.1 Å². The highest BCUT2D eigenvalue weighted by Gasteiger charge is 2.17. The monoisotopic (exact) mass is 285 g/mol. The predicted molar refractivity (Wildman–Crippen MR) is 87.1 cm³/mol. The van der Waals surface area contributed by atoms with Crippen LogP contribution in [-0.4, -0.2) is 16.7 Å². The highest BCUT2D eigenvalue weighted by atomic mass is 16.5. The van der Waals surface area contributed by atoms with E-state index in [1.54, 1.807) is 7.11 Å². The third kappa shape index (κ3) is 3.16. The summed E-state index contributed by atoms with van der Waals surface area (Å²) < 4.78 is 7.15. The van der Waals surface area contributed by atoms with Gasteiger partial charge >= 0.3 is 0 Å². The number of nitrogen functional groups attached to an aromatic ring is 1. The molecule has 0 fully saturated rings. The van der Waals surface area contributed by atoms with Crippen LogP contribution >= 0.6 is 0 Å². The van der Waals surface area contributed by atoms with E-state index >= 15 is 0 Å². The molecule has 2 rings (SSSR count). The molecule has 0 unspecified atom stereocenters. The smallest absolute Gasteiger partial charge is 0.132 e. The van der Waals surface area contributed by atoms with Crippen LogP contribution in [0.5, 0.6) is 0 Å². The first kappa shape index (κ1) is 15.3. The Labute approximate surface area is 126 Å². The minimum Gasteiger partial charge on any atom is -0.383 e. The number of anilines is 1. The first-order valence-electron chi connectivity index (χ1n) is 7.13. The Morgan fingerprint density at radius 1 is 1.33 bits per heavy atom. The Bertz CT molecular complexity index is 612. The first-order chi connectivity index (χ1) is 10.1. The molecule has 0 saturated carbocycles. The molecule has 4 heteroatoms. The average Bonchev–Trinajstić information content (AvgIpc) is 2.79. The molecule has 0 amide bonds. The molecular weight excluding hydrogens is 262 g/mol. The standard InChI is InChI=1S/C17H23N3O/c1-5-10-20-16(18)15(19-17(20)12(2)3)14-8-6-13(7-9-14)11-21-4/h5-9,12H,1,10-11,18H2,2-4H3. The second-order valence-electron chi connectivity index (χ2n) is 5.39. The number of ether oxygens (including phenoxy) is 1. The van der Waals surface area contributed by atoms with E-state index in [-0.39, 0.29) is 0 Å². The van der Waals surface area contributed by atoms with Gasteiger partial charge in [0.15, 0.2) is 0 Å². The Morgan fingerprint density at radius 2 is 2.00 bits per heavy atom. The Morgan fingerprint density at radius 3 is 2.52 bits per heavy atom. The lowest BCUT2D eigenvalue weighted by Crippen LogP contribution is -2.07. The molecule has 1 aromatic carbocycles. The largest absolute Gasteiger partial charge is 0.383 e. The lowest BCUT2D eigenvalue weighted by Gasteiger charge is -2.09. The van der Waals surface area contributed by atoms with Crippen molar-refractivity contribution in [2.45, 2.75) is 32.9 Å². The van der Waals surface area contributed by atoms with Crippen LogP contribution in [0.4, 0.5) is 5.82 Å². The summed E-state index contributed by atoms with van der Waals surface area (Å²) in [5.41, 5.74) is 9.28. The van der Waals surface area contributed by atoms with E-state index in [1.165, 1.54) is 0 Å². The number of methoxy groups -OCH3 is 1. The molecule has 2 aromatic rings. The van der Waals surface area contributed by atoms with Crippen molar-refractivity contribution in [1.29, 1.82) is 0 Å². The van der Waals surface area contributed by atoms with Crippen LogP contribution in [0.2, 0.25) is 0 Å². The van der Waals surface area contributed by atoms with Gasteiger partial charge in [0.25, 0.3) is 0 Å². The van der Waals surface area contributed by atoms with Crippen molar-refractivity contribution in [3.8, 4) is 11.3 Å². The van der Waals surface area contributed by atoms with Gasteiger partial charge in [-0.05, 0) is 5.56 Å². The van der Waals surface area contributed by atoms with Crippen molar-refractivity contribution in [3.63, 3.8) is 0 Å². The molecule has 1 heterocycles. The van der Waals surface area contributed by atoms with Gasteiger partial charge in [0.05, 0.1) is 6.61 Å². The molecule has 21 heavy (non-hydrogen) atoms. The van der Waals surface area contributed by atoms with Crippen molar-refractivity contribution >= 4 is 5.82 Å². The van der Waals surface area contributed by atoms with E-state index in [9.17, 15) is 0 Å². The number of benzene rings is 1. The maximum Gasteiger partial charge on any atom is 0.132 e. The predicted octanol–water partition coefficient (Wildman–Crippen LogP) is 3.59. The minimum atomic E-state index is 0.314. The van der Waals surface area contributed by atoms with Gasteiger partial charge in [-0.2, -0.15) is 0 Å². The Hall–Kier alpha value is -2.07. The molecule has 0 aliphatic carbocycles. The lowest BCUT2D eigenvalue weighted by molar-refractivity contribution is 0.185. The molecule has 4 nitrogen and oxygen atoms in total. The molecule has 0 saturated heterocycles. The summed E-state index contributed by atoms with van der Waals surface area (Å²) in [6.45, 7) is 9.31. The minimum absolute atomic E-state index is 0.314. The van der Waals surface area contributed by atoms with Gasteiger partial charge in [-0.3, -0.25) is 0 Å². The van der Waals surface area contributed by atoms with E-state index in [0.29, 0.717) is 24.9 Å². The summed E-state index contributed by atoms with van der Waals surface area (Å²) in [5.74, 6) is 2.00. The molecule has 0 spiro atoms. The maximum atomic E-state index is 6.28. The van der Waals surface area contributed by atoms with Gasteiger partial charge in [-0.15, -0.1) is 6.58 Å². The quantitative estimate of drug-likeness (QED) is 0.825. The summed E-state index contributed by atoms with van der Waals surface area (Å²) in [7, 11) is 1.69. The summed E-state index contributed by atoms with van der Waals surface area (Å²) >= 11 is 0. The Kier molecular flexibility index (Phi) is 4.81. The normalized spacial score (nSPS) is 11.0. The Balaban J connectivity index is 2.43. The fourth-order valence-electron chi connectivity index (χ4n) is 2.38. The number of nitrogens with two attached hydrogens (primary N) is 1. The molecule has 1 aromatic heterocycles. The van der Waals surface area contributed by atoms with E-state index < -0.39 is 0 Å². The zero-order valence-electron chi connectivity index (χ0n) is 13.0. The molecule has 2 N–H and O–H groups in total. The summed E-state index contributed by atoms with van der Waals surface area (Å²) in [4.78, 5) is 4.73. The molecule has 112 valence electrons.